The van der Waals surface area contributed by atoms with Crippen LogP contribution in [0.2, 0.25) is 0 Å². The molecule has 0 aromatic heterocycles. The Bertz CT molecular complexity index is 265. The van der Waals surface area contributed by atoms with Crippen molar-refractivity contribution >= 4 is 0 Å². The van der Waals surface area contributed by atoms with Crippen molar-refractivity contribution in [2.75, 3.05) is 6.54 Å². The summed E-state index contributed by atoms with van der Waals surface area (Å²) in [5.41, 5.74) is 4.93. The molecule has 0 aliphatic carbocycles. The van der Waals surface area contributed by atoms with Gasteiger partial charge in [-0.15, -0.1) is 0 Å². The van der Waals surface area contributed by atoms with Gasteiger partial charge < -0.3 is 18.1 Å². The maximum absolute atomic E-state index is 12.9. The Balaban J connectivity index is 0.00000169. The first kappa shape index (κ1) is 13.4. The van der Waals surface area contributed by atoms with E-state index in [1.807, 2.05) is 6.07 Å². The average Bonchev–Trinajstić information content (AvgIpc) is 2.14. The maximum atomic E-state index is 12.9. The summed E-state index contributed by atoms with van der Waals surface area (Å²) in [6.07, 6.45) is 2.10. The van der Waals surface area contributed by atoms with Crippen LogP contribution in [-0.2, 0) is 0 Å². The second kappa shape index (κ2) is 6.80. The van der Waals surface area contributed by atoms with E-state index in [0.29, 0.717) is 5.92 Å². The normalized spacial score (nSPS) is 11.9. The Morgan fingerprint density at radius 2 is 2.14 bits per heavy atom. The van der Waals surface area contributed by atoms with Crippen molar-refractivity contribution in [2.45, 2.75) is 25.7 Å². The van der Waals surface area contributed by atoms with Gasteiger partial charge in [0.1, 0.15) is 5.82 Å². The molecule has 0 saturated carbocycles. The van der Waals surface area contributed by atoms with E-state index in [1.54, 1.807) is 12.1 Å². The summed E-state index contributed by atoms with van der Waals surface area (Å²) in [5, 5.41) is 0. The highest BCUT2D eigenvalue weighted by Gasteiger charge is 2.09. The maximum Gasteiger partial charge on any atom is 0.123 e. The van der Waals surface area contributed by atoms with Crippen molar-refractivity contribution in [3.05, 3.63) is 35.6 Å². The van der Waals surface area contributed by atoms with Gasteiger partial charge in [0.2, 0.25) is 0 Å². The number of halogens is 2. The Hall–Kier alpha value is -0.600. The third-order valence-corrected chi connectivity index (χ3v) is 2.37. The number of hydrogen-bond acceptors (Lipinski definition) is 0. The van der Waals surface area contributed by atoms with E-state index in [4.69, 9.17) is 0 Å². The Morgan fingerprint density at radius 1 is 1.43 bits per heavy atom. The summed E-state index contributed by atoms with van der Waals surface area (Å²) in [4.78, 5) is 0. The predicted molar refractivity (Wildman–Crippen MR) is 51.8 cm³/mol. The molecule has 0 heterocycles. The van der Waals surface area contributed by atoms with E-state index in [-0.39, 0.29) is 18.2 Å². The molecule has 1 atom stereocenters. The lowest BCUT2D eigenvalue weighted by Crippen LogP contribution is -3.00. The van der Waals surface area contributed by atoms with Crippen molar-refractivity contribution in [1.29, 1.82) is 0 Å². The topological polar surface area (TPSA) is 27.6 Å². The van der Waals surface area contributed by atoms with Gasteiger partial charge in [0.05, 0.1) is 6.54 Å². The van der Waals surface area contributed by atoms with Crippen LogP contribution in [0.25, 0.3) is 0 Å². The fourth-order valence-electron chi connectivity index (χ4n) is 1.61. The minimum absolute atomic E-state index is 0. The lowest BCUT2D eigenvalue weighted by Gasteiger charge is -2.12. The van der Waals surface area contributed by atoms with Gasteiger partial charge in [0, 0.05) is 6.42 Å². The summed E-state index contributed by atoms with van der Waals surface area (Å²) in [6, 6.07) is 6.88. The second-order valence-corrected chi connectivity index (χ2v) is 3.30. The highest BCUT2D eigenvalue weighted by Crippen LogP contribution is 2.22. The van der Waals surface area contributed by atoms with Crippen LogP contribution < -0.4 is 18.1 Å². The summed E-state index contributed by atoms with van der Waals surface area (Å²) >= 11 is 0. The summed E-state index contributed by atoms with van der Waals surface area (Å²) < 4.78 is 12.9. The number of rotatable bonds is 4. The van der Waals surface area contributed by atoms with Crippen LogP contribution in [-0.4, -0.2) is 6.54 Å². The van der Waals surface area contributed by atoms with Gasteiger partial charge in [0.25, 0.3) is 0 Å². The third-order valence-electron chi connectivity index (χ3n) is 2.37. The van der Waals surface area contributed by atoms with E-state index in [1.165, 1.54) is 6.07 Å². The molecule has 1 rings (SSSR count). The molecular formula is C11H17ClFN. The fraction of sp³-hybridized carbons (Fsp3) is 0.455. The molecule has 80 valence electrons. The predicted octanol–water partition coefficient (Wildman–Crippen LogP) is -1.04. The first-order chi connectivity index (χ1) is 6.27. The SMILES string of the molecule is CCC(CC[NH3+])c1cccc(F)c1.[Cl-]. The standard InChI is InChI=1S/C11H16FN.ClH/c1-2-9(6-7-13)10-4-3-5-11(12)8-10;/h3-5,8-9H,2,6-7,13H2,1H3;1H. The summed E-state index contributed by atoms with van der Waals surface area (Å²) in [6.45, 7) is 3.04. The van der Waals surface area contributed by atoms with E-state index in [2.05, 4.69) is 12.7 Å². The molecular weight excluding hydrogens is 201 g/mol. The number of quaternary nitrogens is 1. The first-order valence-corrected chi connectivity index (χ1v) is 4.82. The average molecular weight is 218 g/mol. The molecule has 3 heteroatoms. The Labute approximate surface area is 90.9 Å². The molecule has 0 amide bonds. The van der Waals surface area contributed by atoms with Crippen molar-refractivity contribution < 1.29 is 22.5 Å². The zero-order valence-corrected chi connectivity index (χ0v) is 9.23. The van der Waals surface area contributed by atoms with Gasteiger partial charge in [-0.2, -0.15) is 0 Å². The van der Waals surface area contributed by atoms with Gasteiger partial charge in [-0.1, -0.05) is 19.1 Å². The van der Waals surface area contributed by atoms with Gasteiger partial charge in [-0.3, -0.25) is 0 Å². The highest BCUT2D eigenvalue weighted by atomic mass is 35.5. The van der Waals surface area contributed by atoms with E-state index >= 15 is 0 Å². The van der Waals surface area contributed by atoms with Crippen LogP contribution in [0.4, 0.5) is 4.39 Å². The van der Waals surface area contributed by atoms with Crippen LogP contribution in [0.1, 0.15) is 31.2 Å². The third kappa shape index (κ3) is 3.64. The van der Waals surface area contributed by atoms with Gasteiger partial charge in [0.15, 0.2) is 0 Å². The molecule has 0 spiro atoms. The lowest BCUT2D eigenvalue weighted by molar-refractivity contribution is -0.369. The quantitative estimate of drug-likeness (QED) is 0.667. The fourth-order valence-corrected chi connectivity index (χ4v) is 1.61. The minimum atomic E-state index is -0.139. The zero-order valence-electron chi connectivity index (χ0n) is 8.47. The van der Waals surface area contributed by atoms with Gasteiger partial charge in [-0.25, -0.2) is 4.39 Å². The van der Waals surface area contributed by atoms with Crippen LogP contribution >= 0.6 is 0 Å². The van der Waals surface area contributed by atoms with Gasteiger partial charge >= 0.3 is 0 Å². The van der Waals surface area contributed by atoms with Crippen LogP contribution in [0, 0.1) is 5.82 Å². The largest absolute Gasteiger partial charge is 1.00 e. The highest BCUT2D eigenvalue weighted by molar-refractivity contribution is 5.20. The monoisotopic (exact) mass is 217 g/mol. The zero-order chi connectivity index (χ0) is 9.68. The molecule has 0 saturated heterocycles. The smallest absolute Gasteiger partial charge is 0.123 e. The Kier molecular flexibility index (Phi) is 6.50. The summed E-state index contributed by atoms with van der Waals surface area (Å²) in [5.74, 6) is 0.327. The second-order valence-electron chi connectivity index (χ2n) is 3.30. The molecule has 0 fully saturated rings. The van der Waals surface area contributed by atoms with Crippen molar-refractivity contribution in [3.63, 3.8) is 0 Å². The van der Waals surface area contributed by atoms with Crippen molar-refractivity contribution in [1.82, 2.24) is 0 Å². The molecule has 1 nitrogen and oxygen atoms in total. The molecule has 0 aliphatic rings. The van der Waals surface area contributed by atoms with Crippen LogP contribution in [0.5, 0.6) is 0 Å². The van der Waals surface area contributed by atoms with E-state index in [0.717, 1.165) is 24.9 Å². The molecule has 0 aliphatic heterocycles. The molecule has 1 unspecified atom stereocenters. The first-order valence-electron chi connectivity index (χ1n) is 4.82. The molecule has 14 heavy (non-hydrogen) atoms. The van der Waals surface area contributed by atoms with Crippen LogP contribution in [0.15, 0.2) is 24.3 Å². The van der Waals surface area contributed by atoms with E-state index in [9.17, 15) is 4.39 Å². The molecule has 0 radical (unpaired) electrons. The Morgan fingerprint density at radius 3 is 2.64 bits per heavy atom. The van der Waals surface area contributed by atoms with E-state index < -0.39 is 0 Å². The summed E-state index contributed by atoms with van der Waals surface area (Å²) in [7, 11) is 0. The molecule has 0 bridgehead atoms. The number of hydrogen-bond donors (Lipinski definition) is 1. The van der Waals surface area contributed by atoms with Crippen molar-refractivity contribution in [2.24, 2.45) is 0 Å². The lowest BCUT2D eigenvalue weighted by atomic mass is 9.93. The van der Waals surface area contributed by atoms with Crippen LogP contribution in [0.3, 0.4) is 0 Å². The molecule has 3 N–H and O–H groups in total. The molecule has 1 aromatic rings. The minimum Gasteiger partial charge on any atom is -1.00 e. The number of benzene rings is 1. The molecule has 1 aromatic carbocycles. The van der Waals surface area contributed by atoms with Crippen molar-refractivity contribution in [3.8, 4) is 0 Å². The van der Waals surface area contributed by atoms with Gasteiger partial charge in [-0.05, 0) is 30.0 Å².